The van der Waals surface area contributed by atoms with E-state index in [9.17, 15) is 4.79 Å². The van der Waals surface area contributed by atoms with Gasteiger partial charge in [-0.3, -0.25) is 9.88 Å². The largest absolute Gasteiger partial charge is 0.468 e. The number of carbonyl (C=O) groups excluding carboxylic acids is 1. The fourth-order valence-corrected chi connectivity index (χ4v) is 1.94. The first-order chi connectivity index (χ1) is 10.2. The zero-order valence-corrected chi connectivity index (χ0v) is 12.2. The number of nitrogens with one attached hydrogen (secondary N) is 2. The normalized spacial score (nSPS) is 12.1. The Bertz CT molecular complexity index is 540. The van der Waals surface area contributed by atoms with Crippen LogP contribution in [0.4, 0.5) is 4.79 Å². The Kier molecular flexibility index (Phi) is 5.34. The smallest absolute Gasteiger partial charge is 0.315 e. The summed E-state index contributed by atoms with van der Waals surface area (Å²) < 4.78 is 5.40. The van der Waals surface area contributed by atoms with Crippen molar-refractivity contribution in [3.8, 4) is 0 Å². The Hall–Kier alpha value is -2.34. The Labute approximate surface area is 124 Å². The predicted octanol–water partition coefficient (Wildman–Crippen LogP) is 1.78. The molecule has 6 heteroatoms. The second kappa shape index (κ2) is 7.44. The fourth-order valence-electron chi connectivity index (χ4n) is 1.94. The fraction of sp³-hybridized carbons (Fsp3) is 0.333. The van der Waals surface area contributed by atoms with Crippen LogP contribution >= 0.6 is 0 Å². The van der Waals surface area contributed by atoms with E-state index in [0.29, 0.717) is 13.1 Å². The standard InChI is InChI=1S/C15H20N4O2/c1-19(2)13(14-7-5-9-21-14)11-18-15(20)17-10-12-6-3-4-8-16-12/h3-9,13H,10-11H2,1-2H3,(H2,17,18,20)/t13-/m1/s1. The molecular weight excluding hydrogens is 268 g/mol. The molecule has 0 aliphatic heterocycles. The van der Waals surface area contributed by atoms with Gasteiger partial charge in [0.05, 0.1) is 24.5 Å². The van der Waals surface area contributed by atoms with Crippen LogP contribution in [0, 0.1) is 0 Å². The molecule has 0 aliphatic rings. The van der Waals surface area contributed by atoms with Crippen LogP contribution in [-0.2, 0) is 6.54 Å². The molecule has 0 fully saturated rings. The topological polar surface area (TPSA) is 70.4 Å². The van der Waals surface area contributed by atoms with E-state index >= 15 is 0 Å². The van der Waals surface area contributed by atoms with Crippen LogP contribution in [0.3, 0.4) is 0 Å². The summed E-state index contributed by atoms with van der Waals surface area (Å²) in [5, 5.41) is 5.62. The minimum absolute atomic E-state index is 0.000556. The van der Waals surface area contributed by atoms with Crippen molar-refractivity contribution in [3.63, 3.8) is 0 Å². The molecule has 2 aromatic rings. The molecule has 2 amide bonds. The molecule has 2 heterocycles. The molecule has 0 aliphatic carbocycles. The number of pyridine rings is 1. The molecule has 0 saturated carbocycles. The Morgan fingerprint density at radius 2 is 2.14 bits per heavy atom. The van der Waals surface area contributed by atoms with E-state index in [0.717, 1.165) is 11.5 Å². The van der Waals surface area contributed by atoms with Crippen molar-refractivity contribution >= 4 is 6.03 Å². The van der Waals surface area contributed by atoms with Gasteiger partial charge in [-0.15, -0.1) is 0 Å². The summed E-state index contributed by atoms with van der Waals surface area (Å²) in [6.07, 6.45) is 3.33. The van der Waals surface area contributed by atoms with Crippen LogP contribution in [0.25, 0.3) is 0 Å². The van der Waals surface area contributed by atoms with Crippen molar-refractivity contribution in [1.29, 1.82) is 0 Å². The predicted molar refractivity (Wildman–Crippen MR) is 79.6 cm³/mol. The third-order valence-corrected chi connectivity index (χ3v) is 3.11. The van der Waals surface area contributed by atoms with E-state index in [1.165, 1.54) is 0 Å². The lowest BCUT2D eigenvalue weighted by molar-refractivity contribution is 0.225. The molecule has 0 unspecified atom stereocenters. The lowest BCUT2D eigenvalue weighted by Crippen LogP contribution is -2.40. The van der Waals surface area contributed by atoms with Gasteiger partial charge in [-0.05, 0) is 38.4 Å². The summed E-state index contributed by atoms with van der Waals surface area (Å²) >= 11 is 0. The SMILES string of the molecule is CN(C)[C@H](CNC(=O)NCc1ccccn1)c1ccco1. The molecule has 2 N–H and O–H groups in total. The summed E-state index contributed by atoms with van der Waals surface area (Å²) in [6.45, 7) is 0.870. The van der Waals surface area contributed by atoms with Crippen LogP contribution in [-0.4, -0.2) is 36.6 Å². The van der Waals surface area contributed by atoms with Crippen LogP contribution in [0.5, 0.6) is 0 Å². The first kappa shape index (κ1) is 15.1. The molecule has 112 valence electrons. The van der Waals surface area contributed by atoms with E-state index < -0.39 is 0 Å². The Morgan fingerprint density at radius 1 is 1.29 bits per heavy atom. The molecule has 1 atom stereocenters. The molecule has 6 nitrogen and oxygen atoms in total. The van der Waals surface area contributed by atoms with E-state index in [4.69, 9.17) is 4.42 Å². The highest BCUT2D eigenvalue weighted by Crippen LogP contribution is 2.17. The number of carbonyl (C=O) groups is 1. The van der Waals surface area contributed by atoms with Gasteiger partial charge >= 0.3 is 6.03 Å². The van der Waals surface area contributed by atoms with Gasteiger partial charge in [0, 0.05) is 12.7 Å². The monoisotopic (exact) mass is 288 g/mol. The maximum atomic E-state index is 11.8. The average Bonchev–Trinajstić information content (AvgIpc) is 3.00. The van der Waals surface area contributed by atoms with Gasteiger partial charge in [0.1, 0.15) is 5.76 Å². The molecule has 0 bridgehead atoms. The summed E-state index contributed by atoms with van der Waals surface area (Å²) in [5.74, 6) is 0.824. The Morgan fingerprint density at radius 3 is 2.76 bits per heavy atom. The highest BCUT2D eigenvalue weighted by molar-refractivity contribution is 5.73. The number of nitrogens with zero attached hydrogens (tertiary/aromatic N) is 2. The molecule has 2 rings (SSSR count). The zero-order valence-electron chi connectivity index (χ0n) is 12.2. The van der Waals surface area contributed by atoms with Gasteiger partial charge in [-0.1, -0.05) is 6.07 Å². The van der Waals surface area contributed by atoms with Gasteiger partial charge < -0.3 is 15.1 Å². The van der Waals surface area contributed by atoms with Crippen molar-refractivity contribution in [2.45, 2.75) is 12.6 Å². The number of aromatic nitrogens is 1. The Balaban J connectivity index is 1.80. The highest BCUT2D eigenvalue weighted by Gasteiger charge is 2.17. The van der Waals surface area contributed by atoms with E-state index in [-0.39, 0.29) is 12.1 Å². The lowest BCUT2D eigenvalue weighted by Gasteiger charge is -2.22. The number of hydrogen-bond donors (Lipinski definition) is 2. The van der Waals surface area contributed by atoms with Crippen molar-refractivity contribution in [3.05, 3.63) is 54.2 Å². The van der Waals surface area contributed by atoms with Crippen molar-refractivity contribution < 1.29 is 9.21 Å². The van der Waals surface area contributed by atoms with E-state index in [1.807, 2.05) is 49.3 Å². The van der Waals surface area contributed by atoms with Crippen molar-refractivity contribution in [2.75, 3.05) is 20.6 Å². The van der Waals surface area contributed by atoms with Crippen LogP contribution in [0.1, 0.15) is 17.5 Å². The van der Waals surface area contributed by atoms with E-state index in [1.54, 1.807) is 12.5 Å². The molecule has 0 spiro atoms. The molecule has 0 aromatic carbocycles. The van der Waals surface area contributed by atoms with Gasteiger partial charge in [0.25, 0.3) is 0 Å². The highest BCUT2D eigenvalue weighted by atomic mass is 16.3. The molecular formula is C15H20N4O2. The third kappa shape index (κ3) is 4.61. The zero-order chi connectivity index (χ0) is 15.1. The van der Waals surface area contributed by atoms with Gasteiger partial charge in [0.2, 0.25) is 0 Å². The summed E-state index contributed by atoms with van der Waals surface area (Å²) in [6, 6.07) is 9.12. The van der Waals surface area contributed by atoms with Crippen LogP contribution in [0.2, 0.25) is 0 Å². The maximum Gasteiger partial charge on any atom is 0.315 e. The minimum Gasteiger partial charge on any atom is -0.468 e. The summed E-state index contributed by atoms with van der Waals surface area (Å²) in [5.41, 5.74) is 0.822. The van der Waals surface area contributed by atoms with Gasteiger partial charge in [0.15, 0.2) is 0 Å². The first-order valence-electron chi connectivity index (χ1n) is 6.78. The lowest BCUT2D eigenvalue weighted by atomic mass is 10.2. The summed E-state index contributed by atoms with van der Waals surface area (Å²) in [4.78, 5) is 18.0. The number of amides is 2. The summed E-state index contributed by atoms with van der Waals surface area (Å²) in [7, 11) is 3.89. The minimum atomic E-state index is -0.223. The molecule has 2 aromatic heterocycles. The molecule has 0 radical (unpaired) electrons. The second-order valence-electron chi connectivity index (χ2n) is 4.88. The van der Waals surface area contributed by atoms with Crippen LogP contribution in [0.15, 0.2) is 47.2 Å². The number of rotatable bonds is 6. The number of urea groups is 1. The maximum absolute atomic E-state index is 11.8. The van der Waals surface area contributed by atoms with Crippen molar-refractivity contribution in [2.24, 2.45) is 0 Å². The average molecular weight is 288 g/mol. The van der Waals surface area contributed by atoms with Gasteiger partial charge in [-0.25, -0.2) is 4.79 Å². The second-order valence-corrected chi connectivity index (χ2v) is 4.88. The number of hydrogen-bond acceptors (Lipinski definition) is 4. The van der Waals surface area contributed by atoms with Gasteiger partial charge in [-0.2, -0.15) is 0 Å². The number of likely N-dealkylation sites (N-methyl/N-ethyl adjacent to an activating group) is 1. The molecule has 0 saturated heterocycles. The quantitative estimate of drug-likeness (QED) is 0.850. The van der Waals surface area contributed by atoms with E-state index in [2.05, 4.69) is 15.6 Å². The number of furan rings is 1. The van der Waals surface area contributed by atoms with Crippen LogP contribution < -0.4 is 10.6 Å². The molecule has 21 heavy (non-hydrogen) atoms. The third-order valence-electron chi connectivity index (χ3n) is 3.11. The first-order valence-corrected chi connectivity index (χ1v) is 6.78. The van der Waals surface area contributed by atoms with Crippen molar-refractivity contribution in [1.82, 2.24) is 20.5 Å².